The second-order valence-electron chi connectivity index (χ2n) is 8.46. The fourth-order valence-electron chi connectivity index (χ4n) is 4.47. The maximum Gasteiger partial charge on any atom is 0.224 e. The van der Waals surface area contributed by atoms with Gasteiger partial charge in [-0.15, -0.1) is 0 Å². The van der Waals surface area contributed by atoms with Crippen LogP contribution in [0.25, 0.3) is 16.9 Å². The highest BCUT2D eigenvalue weighted by molar-refractivity contribution is 5.72. The lowest BCUT2D eigenvalue weighted by Gasteiger charge is -2.25. The molecule has 8 nitrogen and oxygen atoms in total. The molecular weight excluding hydrogens is 428 g/mol. The highest BCUT2D eigenvalue weighted by Gasteiger charge is 2.40. The van der Waals surface area contributed by atoms with Gasteiger partial charge in [0.05, 0.1) is 31.0 Å². The van der Waals surface area contributed by atoms with Gasteiger partial charge in [-0.05, 0) is 54.8 Å². The molecule has 34 heavy (non-hydrogen) atoms. The molecular formula is C26H22N6O2. The number of hydrogen-bond acceptors (Lipinski definition) is 6. The summed E-state index contributed by atoms with van der Waals surface area (Å²) in [7, 11) is 1.64. The molecule has 4 aromatic rings. The lowest BCUT2D eigenvalue weighted by atomic mass is 9.83. The third kappa shape index (κ3) is 3.21. The van der Waals surface area contributed by atoms with E-state index in [1.165, 1.54) is 0 Å². The molecule has 3 heterocycles. The molecule has 0 bridgehead atoms. The van der Waals surface area contributed by atoms with Gasteiger partial charge in [-0.25, -0.2) is 9.67 Å². The van der Waals surface area contributed by atoms with Crippen LogP contribution in [0, 0.1) is 11.3 Å². The van der Waals surface area contributed by atoms with Gasteiger partial charge in [0, 0.05) is 23.6 Å². The second-order valence-corrected chi connectivity index (χ2v) is 8.46. The van der Waals surface area contributed by atoms with Crippen molar-refractivity contribution in [2.24, 2.45) is 5.73 Å². The van der Waals surface area contributed by atoms with Gasteiger partial charge in [0.2, 0.25) is 11.8 Å². The smallest absolute Gasteiger partial charge is 0.224 e. The molecule has 1 saturated carbocycles. The van der Waals surface area contributed by atoms with Crippen molar-refractivity contribution in [1.29, 1.82) is 5.26 Å². The van der Waals surface area contributed by atoms with Crippen LogP contribution in [0.5, 0.6) is 11.6 Å². The third-order valence-electron chi connectivity index (χ3n) is 6.36. The number of allylic oxidation sites excluding steroid dienone is 1. The van der Waals surface area contributed by atoms with Crippen molar-refractivity contribution in [3.05, 3.63) is 89.8 Å². The number of fused-ring (bicyclic) bond motifs is 1. The van der Waals surface area contributed by atoms with Crippen molar-refractivity contribution in [2.75, 3.05) is 7.11 Å². The van der Waals surface area contributed by atoms with Gasteiger partial charge in [-0.1, -0.05) is 12.1 Å². The number of nitrogens with two attached hydrogens (primary N) is 1. The van der Waals surface area contributed by atoms with Crippen molar-refractivity contribution in [3.8, 4) is 34.6 Å². The van der Waals surface area contributed by atoms with Crippen LogP contribution >= 0.6 is 0 Å². The SMILES string of the molecule is COc1ccc(-c2nn(C3CC3)c3c2C(c2ccc(-n4ccnc4)cc2)C(C#N)=C(N)O3)cc1. The molecule has 2 aliphatic rings. The Morgan fingerprint density at radius 2 is 1.88 bits per heavy atom. The number of rotatable bonds is 5. The average Bonchev–Trinajstić information content (AvgIpc) is 3.43. The summed E-state index contributed by atoms with van der Waals surface area (Å²) in [5, 5.41) is 15.0. The monoisotopic (exact) mass is 450 g/mol. The van der Waals surface area contributed by atoms with Crippen LogP contribution < -0.4 is 15.2 Å². The van der Waals surface area contributed by atoms with Gasteiger partial charge < -0.3 is 19.8 Å². The fourth-order valence-corrected chi connectivity index (χ4v) is 4.47. The molecule has 8 heteroatoms. The van der Waals surface area contributed by atoms with E-state index in [4.69, 9.17) is 20.3 Å². The van der Waals surface area contributed by atoms with Crippen LogP contribution in [0.1, 0.15) is 35.9 Å². The Morgan fingerprint density at radius 1 is 1.12 bits per heavy atom. The Balaban J connectivity index is 1.53. The summed E-state index contributed by atoms with van der Waals surface area (Å²) < 4.78 is 15.2. The summed E-state index contributed by atoms with van der Waals surface area (Å²) in [6.07, 6.45) is 7.46. The first-order valence-electron chi connectivity index (χ1n) is 11.1. The van der Waals surface area contributed by atoms with E-state index >= 15 is 0 Å². The predicted molar refractivity (Wildman–Crippen MR) is 125 cm³/mol. The Labute approximate surface area is 196 Å². The summed E-state index contributed by atoms with van der Waals surface area (Å²) in [4.78, 5) is 4.12. The summed E-state index contributed by atoms with van der Waals surface area (Å²) in [5.41, 5.74) is 11.2. The maximum absolute atomic E-state index is 10.1. The second kappa shape index (κ2) is 7.81. The van der Waals surface area contributed by atoms with Crippen molar-refractivity contribution in [2.45, 2.75) is 24.8 Å². The van der Waals surface area contributed by atoms with E-state index < -0.39 is 5.92 Å². The van der Waals surface area contributed by atoms with Crippen molar-refractivity contribution in [1.82, 2.24) is 19.3 Å². The highest BCUT2D eigenvalue weighted by atomic mass is 16.5. The first-order chi connectivity index (χ1) is 16.7. The van der Waals surface area contributed by atoms with Gasteiger partial charge in [0.25, 0.3) is 0 Å². The summed E-state index contributed by atoms with van der Waals surface area (Å²) in [6, 6.07) is 18.4. The molecule has 6 rings (SSSR count). The largest absolute Gasteiger partial charge is 0.497 e. The summed E-state index contributed by atoms with van der Waals surface area (Å²) >= 11 is 0. The number of nitrogens with zero attached hydrogens (tertiary/aromatic N) is 5. The van der Waals surface area contributed by atoms with Crippen molar-refractivity contribution < 1.29 is 9.47 Å². The standard InChI is InChI=1S/C26H22N6O2/c1-33-20-10-4-17(5-11-20)24-23-22(16-2-6-18(7-3-16)31-13-12-29-15-31)21(14-27)25(28)34-26(23)32(30-24)19-8-9-19/h2-7,10-13,15,19,22H,8-9,28H2,1H3. The zero-order valence-electron chi connectivity index (χ0n) is 18.5. The van der Waals surface area contributed by atoms with E-state index in [1.54, 1.807) is 19.6 Å². The third-order valence-corrected chi connectivity index (χ3v) is 6.36. The zero-order valence-corrected chi connectivity index (χ0v) is 18.5. The van der Waals surface area contributed by atoms with Gasteiger partial charge in [-0.3, -0.25) is 0 Å². The molecule has 0 spiro atoms. The average molecular weight is 451 g/mol. The predicted octanol–water partition coefficient (Wildman–Crippen LogP) is 4.30. The lowest BCUT2D eigenvalue weighted by Crippen LogP contribution is -2.22. The number of nitriles is 1. The van der Waals surface area contributed by atoms with Gasteiger partial charge in [-0.2, -0.15) is 10.4 Å². The molecule has 1 atom stereocenters. The van der Waals surface area contributed by atoms with E-state index in [-0.39, 0.29) is 11.9 Å². The van der Waals surface area contributed by atoms with Crippen LogP contribution in [0.2, 0.25) is 0 Å². The molecule has 168 valence electrons. The molecule has 2 aromatic carbocycles. The number of imidazole rings is 1. The van der Waals surface area contributed by atoms with Crippen molar-refractivity contribution in [3.63, 3.8) is 0 Å². The molecule has 0 saturated heterocycles. The topological polar surface area (TPSA) is 104 Å². The van der Waals surface area contributed by atoms with Gasteiger partial charge in [0.15, 0.2) is 0 Å². The van der Waals surface area contributed by atoms with E-state index in [2.05, 4.69) is 11.1 Å². The number of aromatic nitrogens is 4. The van der Waals surface area contributed by atoms with E-state index in [0.717, 1.165) is 46.7 Å². The van der Waals surface area contributed by atoms with Crippen LogP contribution in [0.4, 0.5) is 0 Å². The first kappa shape index (κ1) is 20.1. The first-order valence-corrected chi connectivity index (χ1v) is 11.1. The number of benzene rings is 2. The fraction of sp³-hybridized carbons (Fsp3) is 0.192. The van der Waals surface area contributed by atoms with Crippen LogP contribution in [-0.2, 0) is 0 Å². The summed E-state index contributed by atoms with van der Waals surface area (Å²) in [6.45, 7) is 0. The van der Waals surface area contributed by atoms with Crippen LogP contribution in [0.3, 0.4) is 0 Å². The lowest BCUT2D eigenvalue weighted by molar-refractivity contribution is 0.347. The normalized spacial score (nSPS) is 17.1. The Hall–Kier alpha value is -4.51. The Morgan fingerprint density at radius 3 is 2.50 bits per heavy atom. The Bertz CT molecular complexity index is 1420. The maximum atomic E-state index is 10.1. The highest BCUT2D eigenvalue weighted by Crippen LogP contribution is 2.50. The molecule has 2 aromatic heterocycles. The molecule has 2 N–H and O–H groups in total. The molecule has 0 amide bonds. The molecule has 1 fully saturated rings. The van der Waals surface area contributed by atoms with Crippen LogP contribution in [0.15, 0.2) is 78.7 Å². The quantitative estimate of drug-likeness (QED) is 0.486. The number of methoxy groups -OCH3 is 1. The zero-order chi connectivity index (χ0) is 23.2. The Kier molecular flexibility index (Phi) is 4.62. The minimum absolute atomic E-state index is 0.127. The number of hydrogen-bond donors (Lipinski definition) is 1. The van der Waals surface area contributed by atoms with E-state index in [0.29, 0.717) is 11.5 Å². The molecule has 1 aliphatic heterocycles. The summed E-state index contributed by atoms with van der Waals surface area (Å²) in [5.74, 6) is 1.12. The molecule has 0 radical (unpaired) electrons. The van der Waals surface area contributed by atoms with E-state index in [9.17, 15) is 5.26 Å². The number of ether oxygens (including phenoxy) is 2. The van der Waals surface area contributed by atoms with E-state index in [1.807, 2.05) is 64.0 Å². The molecule has 1 aliphatic carbocycles. The van der Waals surface area contributed by atoms with Gasteiger partial charge in [0.1, 0.15) is 23.1 Å². The minimum Gasteiger partial charge on any atom is -0.497 e. The minimum atomic E-state index is -0.393. The van der Waals surface area contributed by atoms with Gasteiger partial charge >= 0.3 is 0 Å². The van der Waals surface area contributed by atoms with Crippen molar-refractivity contribution >= 4 is 0 Å². The molecule has 1 unspecified atom stereocenters. The van der Waals surface area contributed by atoms with Crippen LogP contribution in [-0.4, -0.2) is 26.4 Å².